The Bertz CT molecular complexity index is 708. The van der Waals surface area contributed by atoms with Gasteiger partial charge in [0, 0.05) is 12.6 Å². The van der Waals surface area contributed by atoms with E-state index in [0.29, 0.717) is 28.5 Å². The minimum absolute atomic E-state index is 0.248. The van der Waals surface area contributed by atoms with Crippen LogP contribution in [0, 0.1) is 5.82 Å². The van der Waals surface area contributed by atoms with Crippen LogP contribution in [-0.4, -0.2) is 14.6 Å². The van der Waals surface area contributed by atoms with Crippen LogP contribution >= 0.6 is 11.6 Å². The Hall–Kier alpha value is -1.94. The van der Waals surface area contributed by atoms with Gasteiger partial charge in [-0.1, -0.05) is 29.8 Å². The van der Waals surface area contributed by atoms with E-state index in [1.54, 1.807) is 41.0 Å². The molecule has 0 saturated heterocycles. The molecule has 0 radical (unpaired) electrons. The van der Waals surface area contributed by atoms with Gasteiger partial charge in [-0.25, -0.2) is 13.9 Å². The van der Waals surface area contributed by atoms with Gasteiger partial charge in [-0.3, -0.25) is 0 Å². The summed E-state index contributed by atoms with van der Waals surface area (Å²) in [6, 6.07) is 10.1. The van der Waals surface area contributed by atoms with Crippen molar-refractivity contribution in [1.82, 2.24) is 14.6 Å². The van der Waals surface area contributed by atoms with Gasteiger partial charge < -0.3 is 0 Å². The molecule has 0 atom stereocenters. The van der Waals surface area contributed by atoms with Gasteiger partial charge in [0.05, 0.1) is 5.02 Å². The molecule has 0 amide bonds. The monoisotopic (exact) mass is 261 g/mol. The Labute approximate surface area is 108 Å². The maximum atomic E-state index is 13.5. The van der Waals surface area contributed by atoms with Crippen LogP contribution in [0.15, 0.2) is 42.6 Å². The highest BCUT2D eigenvalue weighted by molar-refractivity contribution is 6.33. The number of aromatic nitrogens is 3. The number of rotatable bonds is 2. The van der Waals surface area contributed by atoms with Crippen LogP contribution in [0.25, 0.3) is 5.65 Å². The van der Waals surface area contributed by atoms with E-state index in [4.69, 9.17) is 11.6 Å². The van der Waals surface area contributed by atoms with Crippen molar-refractivity contribution in [2.75, 3.05) is 0 Å². The lowest BCUT2D eigenvalue weighted by molar-refractivity contribution is 0.612. The Kier molecular flexibility index (Phi) is 2.72. The first-order chi connectivity index (χ1) is 8.74. The zero-order valence-electron chi connectivity index (χ0n) is 9.35. The van der Waals surface area contributed by atoms with E-state index in [-0.39, 0.29) is 5.82 Å². The van der Waals surface area contributed by atoms with E-state index < -0.39 is 0 Å². The summed E-state index contributed by atoms with van der Waals surface area (Å²) < 4.78 is 15.1. The van der Waals surface area contributed by atoms with Crippen molar-refractivity contribution in [1.29, 1.82) is 0 Å². The van der Waals surface area contributed by atoms with E-state index in [1.807, 2.05) is 0 Å². The zero-order valence-corrected chi connectivity index (χ0v) is 10.1. The molecule has 0 aliphatic heterocycles. The Balaban J connectivity index is 2.01. The highest BCUT2D eigenvalue weighted by atomic mass is 35.5. The van der Waals surface area contributed by atoms with Crippen molar-refractivity contribution >= 4 is 17.2 Å². The van der Waals surface area contributed by atoms with Crippen LogP contribution in [0.3, 0.4) is 0 Å². The molecule has 5 heteroatoms. The van der Waals surface area contributed by atoms with Crippen LogP contribution in [0.2, 0.25) is 5.02 Å². The molecule has 0 bridgehead atoms. The Morgan fingerprint density at radius 1 is 1.17 bits per heavy atom. The number of hydrogen-bond donors (Lipinski definition) is 0. The van der Waals surface area contributed by atoms with E-state index in [2.05, 4.69) is 10.1 Å². The average Bonchev–Trinajstić information content (AvgIpc) is 2.76. The van der Waals surface area contributed by atoms with Gasteiger partial charge >= 0.3 is 0 Å². The number of halogens is 2. The van der Waals surface area contributed by atoms with E-state index in [9.17, 15) is 4.39 Å². The summed E-state index contributed by atoms with van der Waals surface area (Å²) in [5.41, 5.74) is 1.16. The minimum Gasteiger partial charge on any atom is -0.219 e. The van der Waals surface area contributed by atoms with E-state index in [0.717, 1.165) is 0 Å². The fraction of sp³-hybridized carbons (Fsp3) is 0.0769. The molecule has 0 N–H and O–H groups in total. The van der Waals surface area contributed by atoms with Gasteiger partial charge in [-0.05, 0) is 23.8 Å². The molecular formula is C13H9ClFN3. The molecule has 90 valence electrons. The quantitative estimate of drug-likeness (QED) is 0.710. The van der Waals surface area contributed by atoms with Crippen molar-refractivity contribution in [2.24, 2.45) is 0 Å². The van der Waals surface area contributed by atoms with Gasteiger partial charge in [-0.15, -0.1) is 0 Å². The summed E-state index contributed by atoms with van der Waals surface area (Å²) >= 11 is 6.01. The summed E-state index contributed by atoms with van der Waals surface area (Å²) in [4.78, 5) is 4.30. The average molecular weight is 262 g/mol. The third-order valence-corrected chi connectivity index (χ3v) is 2.96. The zero-order chi connectivity index (χ0) is 12.5. The van der Waals surface area contributed by atoms with Gasteiger partial charge in [0.25, 0.3) is 0 Å². The van der Waals surface area contributed by atoms with E-state index >= 15 is 0 Å². The topological polar surface area (TPSA) is 30.2 Å². The number of fused-ring (bicyclic) bond motifs is 1. The summed E-state index contributed by atoms with van der Waals surface area (Å²) in [6.45, 7) is 0. The van der Waals surface area contributed by atoms with Crippen molar-refractivity contribution in [3.05, 3.63) is 64.8 Å². The SMILES string of the molecule is Fc1ccccc1Cc1nc2c(Cl)cccn2n1. The largest absolute Gasteiger partial charge is 0.219 e. The third kappa shape index (κ3) is 1.95. The van der Waals surface area contributed by atoms with Crippen LogP contribution in [0.4, 0.5) is 4.39 Å². The standard InChI is InChI=1S/C13H9ClFN3/c14-10-5-3-7-18-13(10)16-12(17-18)8-9-4-1-2-6-11(9)15/h1-7H,8H2. The molecule has 0 aliphatic rings. The van der Waals surface area contributed by atoms with Crippen LogP contribution < -0.4 is 0 Å². The molecule has 3 nitrogen and oxygen atoms in total. The number of hydrogen-bond acceptors (Lipinski definition) is 2. The third-order valence-electron chi connectivity index (χ3n) is 2.66. The van der Waals surface area contributed by atoms with Crippen LogP contribution in [0.5, 0.6) is 0 Å². The highest BCUT2D eigenvalue weighted by Gasteiger charge is 2.09. The molecule has 0 saturated carbocycles. The van der Waals surface area contributed by atoms with Gasteiger partial charge in [0.15, 0.2) is 11.5 Å². The molecule has 3 rings (SSSR count). The molecular weight excluding hydrogens is 253 g/mol. The highest BCUT2D eigenvalue weighted by Crippen LogP contribution is 2.16. The van der Waals surface area contributed by atoms with Gasteiger partial charge in [0.1, 0.15) is 5.82 Å². The van der Waals surface area contributed by atoms with E-state index in [1.165, 1.54) is 6.07 Å². The number of nitrogens with zero attached hydrogens (tertiary/aromatic N) is 3. The summed E-state index contributed by atoms with van der Waals surface area (Å²) in [6.07, 6.45) is 2.11. The molecule has 0 aliphatic carbocycles. The summed E-state index contributed by atoms with van der Waals surface area (Å²) in [7, 11) is 0. The normalized spacial score (nSPS) is 11.0. The second kappa shape index (κ2) is 4.38. The molecule has 3 aromatic rings. The summed E-state index contributed by atoms with van der Waals surface area (Å²) in [5.74, 6) is 0.302. The van der Waals surface area contributed by atoms with Crippen molar-refractivity contribution in [3.63, 3.8) is 0 Å². The molecule has 2 heterocycles. The minimum atomic E-state index is -0.248. The van der Waals surface area contributed by atoms with Crippen LogP contribution in [0.1, 0.15) is 11.4 Å². The molecule has 0 unspecified atom stereocenters. The maximum Gasteiger partial charge on any atom is 0.174 e. The summed E-state index contributed by atoms with van der Waals surface area (Å²) in [5, 5.41) is 4.80. The fourth-order valence-electron chi connectivity index (χ4n) is 1.80. The lowest BCUT2D eigenvalue weighted by Gasteiger charge is -1.97. The van der Waals surface area contributed by atoms with Crippen LogP contribution in [-0.2, 0) is 6.42 Å². The Morgan fingerprint density at radius 3 is 2.78 bits per heavy atom. The molecule has 0 spiro atoms. The number of pyridine rings is 1. The van der Waals surface area contributed by atoms with Crippen molar-refractivity contribution < 1.29 is 4.39 Å². The predicted molar refractivity (Wildman–Crippen MR) is 67.2 cm³/mol. The molecule has 2 aromatic heterocycles. The fourth-order valence-corrected chi connectivity index (χ4v) is 2.01. The second-order valence-corrected chi connectivity index (χ2v) is 4.33. The molecule has 18 heavy (non-hydrogen) atoms. The first-order valence-electron chi connectivity index (χ1n) is 5.47. The first-order valence-corrected chi connectivity index (χ1v) is 5.85. The molecule has 1 aromatic carbocycles. The Morgan fingerprint density at radius 2 is 2.00 bits per heavy atom. The van der Waals surface area contributed by atoms with Crippen molar-refractivity contribution in [2.45, 2.75) is 6.42 Å². The smallest absolute Gasteiger partial charge is 0.174 e. The van der Waals surface area contributed by atoms with Gasteiger partial charge in [0.2, 0.25) is 0 Å². The first kappa shape index (κ1) is 11.2. The lowest BCUT2D eigenvalue weighted by Crippen LogP contribution is -1.94. The number of benzene rings is 1. The maximum absolute atomic E-state index is 13.5. The van der Waals surface area contributed by atoms with Crippen molar-refractivity contribution in [3.8, 4) is 0 Å². The predicted octanol–water partition coefficient (Wildman–Crippen LogP) is 3.11. The van der Waals surface area contributed by atoms with Gasteiger partial charge in [-0.2, -0.15) is 5.10 Å². The lowest BCUT2D eigenvalue weighted by atomic mass is 10.1. The second-order valence-electron chi connectivity index (χ2n) is 3.92. The molecule has 0 fully saturated rings.